The molecule has 0 aromatic carbocycles. The maximum Gasteiger partial charge on any atom is 0.0631 e. The molecule has 2 heteroatoms. The van der Waals surface area contributed by atoms with Gasteiger partial charge in [-0.15, -0.1) is 0 Å². The Bertz CT molecular complexity index is 252. The zero-order valence-corrected chi connectivity index (χ0v) is 9.45. The second-order valence-electron chi connectivity index (χ2n) is 4.20. The molecule has 1 heterocycles. The lowest BCUT2D eigenvalue weighted by atomic mass is 10.1. The zero-order chi connectivity index (χ0) is 10.4. The Kier molecular flexibility index (Phi) is 4.57. The maximum absolute atomic E-state index is 4.22. The highest BCUT2D eigenvalue weighted by Crippen LogP contribution is 2.06. The van der Waals surface area contributed by atoms with Crippen molar-refractivity contribution in [2.75, 3.05) is 0 Å². The molecule has 0 fully saturated rings. The number of aryl methyl sites for hydroxylation is 2. The molecule has 78 valence electrons. The van der Waals surface area contributed by atoms with Crippen LogP contribution in [0.25, 0.3) is 0 Å². The Morgan fingerprint density at radius 1 is 1.07 bits per heavy atom. The third-order valence-electron chi connectivity index (χ3n) is 2.26. The van der Waals surface area contributed by atoms with Gasteiger partial charge in [0.2, 0.25) is 0 Å². The number of rotatable bonds is 5. The highest BCUT2D eigenvalue weighted by molar-refractivity contribution is 5.07. The van der Waals surface area contributed by atoms with Gasteiger partial charge in [0.05, 0.1) is 11.4 Å². The molecule has 0 unspecified atom stereocenters. The van der Waals surface area contributed by atoms with Crippen LogP contribution >= 0.6 is 0 Å². The van der Waals surface area contributed by atoms with Crippen molar-refractivity contribution >= 4 is 0 Å². The quantitative estimate of drug-likeness (QED) is 0.716. The molecule has 0 N–H and O–H groups in total. The first-order valence-corrected chi connectivity index (χ1v) is 5.54. The summed E-state index contributed by atoms with van der Waals surface area (Å²) >= 11 is 0. The largest absolute Gasteiger partial charge is 0.155 e. The van der Waals surface area contributed by atoms with Crippen LogP contribution in [-0.2, 0) is 12.8 Å². The maximum atomic E-state index is 4.22. The minimum atomic E-state index is 0.743. The predicted molar refractivity (Wildman–Crippen MR) is 59.2 cm³/mol. The summed E-state index contributed by atoms with van der Waals surface area (Å²) in [5, 5.41) is 8.42. The van der Waals surface area contributed by atoms with E-state index in [1.807, 2.05) is 0 Å². The van der Waals surface area contributed by atoms with Gasteiger partial charge in [0.1, 0.15) is 0 Å². The lowest BCUT2D eigenvalue weighted by molar-refractivity contribution is 0.577. The van der Waals surface area contributed by atoms with E-state index in [4.69, 9.17) is 0 Å². The fraction of sp³-hybridized carbons (Fsp3) is 0.667. The van der Waals surface area contributed by atoms with Gasteiger partial charge in [-0.25, -0.2) is 0 Å². The number of hydrogen-bond donors (Lipinski definition) is 0. The van der Waals surface area contributed by atoms with E-state index in [0.717, 1.165) is 36.6 Å². The summed E-state index contributed by atoms with van der Waals surface area (Å²) in [5.74, 6) is 0.743. The molecule has 0 aliphatic carbocycles. The van der Waals surface area contributed by atoms with Crippen molar-refractivity contribution in [3.63, 3.8) is 0 Å². The average Bonchev–Trinajstić information content (AvgIpc) is 2.17. The van der Waals surface area contributed by atoms with Crippen LogP contribution in [-0.4, -0.2) is 10.2 Å². The van der Waals surface area contributed by atoms with E-state index in [-0.39, 0.29) is 0 Å². The topological polar surface area (TPSA) is 25.8 Å². The van der Waals surface area contributed by atoms with Gasteiger partial charge in [0, 0.05) is 0 Å². The smallest absolute Gasteiger partial charge is 0.0631 e. The van der Waals surface area contributed by atoms with E-state index in [1.165, 1.54) is 6.42 Å². The second kappa shape index (κ2) is 5.74. The first-order valence-electron chi connectivity index (χ1n) is 5.54. The van der Waals surface area contributed by atoms with Crippen molar-refractivity contribution in [1.29, 1.82) is 0 Å². The van der Waals surface area contributed by atoms with Gasteiger partial charge in [0.25, 0.3) is 0 Å². The van der Waals surface area contributed by atoms with Gasteiger partial charge in [0.15, 0.2) is 0 Å². The fourth-order valence-corrected chi connectivity index (χ4v) is 1.35. The molecule has 0 radical (unpaired) electrons. The van der Waals surface area contributed by atoms with Crippen LogP contribution in [0.3, 0.4) is 0 Å². The monoisotopic (exact) mass is 192 g/mol. The third kappa shape index (κ3) is 3.86. The molecule has 0 saturated heterocycles. The Balaban J connectivity index is 2.46. The minimum absolute atomic E-state index is 0.743. The SMILES string of the molecule is CCCc1ccc(CCC(C)C)nn1. The molecule has 1 rings (SSSR count). The van der Waals surface area contributed by atoms with Gasteiger partial charge < -0.3 is 0 Å². The first kappa shape index (κ1) is 11.2. The van der Waals surface area contributed by atoms with Crippen molar-refractivity contribution < 1.29 is 0 Å². The van der Waals surface area contributed by atoms with Crippen LogP contribution < -0.4 is 0 Å². The van der Waals surface area contributed by atoms with E-state index in [2.05, 4.69) is 43.1 Å². The van der Waals surface area contributed by atoms with Crippen molar-refractivity contribution in [1.82, 2.24) is 10.2 Å². The highest BCUT2D eigenvalue weighted by Gasteiger charge is 1.99. The molecule has 0 amide bonds. The Hall–Kier alpha value is -0.920. The predicted octanol–water partition coefficient (Wildman–Crippen LogP) is 3.02. The molecule has 0 aliphatic heterocycles. The molecule has 14 heavy (non-hydrogen) atoms. The summed E-state index contributed by atoms with van der Waals surface area (Å²) in [6.45, 7) is 6.63. The Labute approximate surface area is 86.8 Å². The minimum Gasteiger partial charge on any atom is -0.155 e. The van der Waals surface area contributed by atoms with E-state index in [1.54, 1.807) is 0 Å². The summed E-state index contributed by atoms with van der Waals surface area (Å²) < 4.78 is 0. The zero-order valence-electron chi connectivity index (χ0n) is 9.45. The summed E-state index contributed by atoms with van der Waals surface area (Å²) in [6.07, 6.45) is 4.43. The number of aromatic nitrogens is 2. The van der Waals surface area contributed by atoms with E-state index < -0.39 is 0 Å². The highest BCUT2D eigenvalue weighted by atomic mass is 15.1. The fourth-order valence-electron chi connectivity index (χ4n) is 1.35. The van der Waals surface area contributed by atoms with Crippen molar-refractivity contribution in [2.24, 2.45) is 5.92 Å². The molecule has 0 aliphatic rings. The van der Waals surface area contributed by atoms with Crippen LogP contribution in [0.5, 0.6) is 0 Å². The average molecular weight is 192 g/mol. The van der Waals surface area contributed by atoms with E-state index in [0.29, 0.717) is 0 Å². The molecule has 2 nitrogen and oxygen atoms in total. The van der Waals surface area contributed by atoms with Crippen LogP contribution in [0.15, 0.2) is 12.1 Å². The van der Waals surface area contributed by atoms with Crippen molar-refractivity contribution in [3.8, 4) is 0 Å². The third-order valence-corrected chi connectivity index (χ3v) is 2.26. The first-order chi connectivity index (χ1) is 6.72. The standard InChI is InChI=1S/C12H20N2/c1-4-5-11-8-9-12(14-13-11)7-6-10(2)3/h8-10H,4-7H2,1-3H3. The summed E-state index contributed by atoms with van der Waals surface area (Å²) in [6, 6.07) is 4.21. The number of hydrogen-bond acceptors (Lipinski definition) is 2. The van der Waals surface area contributed by atoms with Gasteiger partial charge in [-0.2, -0.15) is 10.2 Å². The molecule has 0 saturated carbocycles. The van der Waals surface area contributed by atoms with Gasteiger partial charge in [-0.05, 0) is 37.3 Å². The summed E-state index contributed by atoms with van der Waals surface area (Å²) in [7, 11) is 0. The molecule has 0 spiro atoms. The molecular formula is C12H20N2. The normalized spacial score (nSPS) is 10.9. The summed E-state index contributed by atoms with van der Waals surface area (Å²) in [5.41, 5.74) is 2.24. The van der Waals surface area contributed by atoms with Gasteiger partial charge in [-0.3, -0.25) is 0 Å². The van der Waals surface area contributed by atoms with Crippen molar-refractivity contribution in [2.45, 2.75) is 46.5 Å². The van der Waals surface area contributed by atoms with Crippen LogP contribution in [0, 0.1) is 5.92 Å². The van der Waals surface area contributed by atoms with E-state index >= 15 is 0 Å². The molecule has 0 atom stereocenters. The van der Waals surface area contributed by atoms with Crippen LogP contribution in [0.1, 0.15) is 45.0 Å². The molecule has 0 bridgehead atoms. The Morgan fingerprint density at radius 3 is 2.07 bits per heavy atom. The van der Waals surface area contributed by atoms with Gasteiger partial charge >= 0.3 is 0 Å². The molecule has 1 aromatic rings. The second-order valence-corrected chi connectivity index (χ2v) is 4.20. The van der Waals surface area contributed by atoms with Crippen LogP contribution in [0.4, 0.5) is 0 Å². The Morgan fingerprint density at radius 2 is 1.64 bits per heavy atom. The molecule has 1 aromatic heterocycles. The van der Waals surface area contributed by atoms with Gasteiger partial charge in [-0.1, -0.05) is 27.2 Å². The number of nitrogens with zero attached hydrogens (tertiary/aromatic N) is 2. The summed E-state index contributed by atoms with van der Waals surface area (Å²) in [4.78, 5) is 0. The van der Waals surface area contributed by atoms with E-state index in [9.17, 15) is 0 Å². The molecular weight excluding hydrogens is 172 g/mol. The van der Waals surface area contributed by atoms with Crippen molar-refractivity contribution in [3.05, 3.63) is 23.5 Å². The lowest BCUT2D eigenvalue weighted by Crippen LogP contribution is -1.99. The lowest BCUT2D eigenvalue weighted by Gasteiger charge is -2.03. The van der Waals surface area contributed by atoms with Crippen LogP contribution in [0.2, 0.25) is 0 Å².